The predicted octanol–water partition coefficient (Wildman–Crippen LogP) is -0.288. The molecule has 0 aromatic carbocycles. The summed E-state index contributed by atoms with van der Waals surface area (Å²) in [6, 6.07) is 0. The van der Waals surface area contributed by atoms with Crippen LogP contribution in [-0.2, 0) is 7.05 Å². The molecule has 2 aliphatic heterocycles. The molecular weight excluding hydrogens is 204 g/mol. The van der Waals surface area contributed by atoms with Gasteiger partial charge in [-0.25, -0.2) is 0 Å². The number of likely N-dealkylation sites (tertiary alicyclic amines) is 1. The lowest BCUT2D eigenvalue weighted by Crippen LogP contribution is -2.31. The van der Waals surface area contributed by atoms with Crippen molar-refractivity contribution in [3.63, 3.8) is 0 Å². The van der Waals surface area contributed by atoms with Crippen molar-refractivity contribution < 1.29 is 4.79 Å². The molecule has 2 fully saturated rings. The van der Waals surface area contributed by atoms with Gasteiger partial charge in [0, 0.05) is 39.4 Å². The number of fused-ring (bicyclic) bond motifs is 1. The lowest BCUT2D eigenvalue weighted by molar-refractivity contribution is 0.0781. The summed E-state index contributed by atoms with van der Waals surface area (Å²) in [4.78, 5) is 14.1. The van der Waals surface area contributed by atoms with Gasteiger partial charge in [-0.15, -0.1) is 0 Å². The van der Waals surface area contributed by atoms with E-state index in [2.05, 4.69) is 10.4 Å². The van der Waals surface area contributed by atoms with Gasteiger partial charge in [0.15, 0.2) is 0 Å². The number of carbonyl (C=O) groups excluding carboxylic acids is 1. The van der Waals surface area contributed by atoms with Crippen molar-refractivity contribution in [3.8, 4) is 0 Å². The van der Waals surface area contributed by atoms with Crippen LogP contribution >= 0.6 is 0 Å². The number of hydrogen-bond donors (Lipinski definition) is 1. The Kier molecular flexibility index (Phi) is 2.21. The van der Waals surface area contributed by atoms with Crippen molar-refractivity contribution >= 4 is 5.91 Å². The van der Waals surface area contributed by atoms with Crippen molar-refractivity contribution in [2.24, 2.45) is 18.9 Å². The zero-order chi connectivity index (χ0) is 11.1. The van der Waals surface area contributed by atoms with Gasteiger partial charge in [0.25, 0.3) is 5.91 Å². The quantitative estimate of drug-likeness (QED) is 0.707. The van der Waals surface area contributed by atoms with Crippen molar-refractivity contribution in [2.45, 2.75) is 0 Å². The number of aromatic nitrogens is 2. The molecule has 0 spiro atoms. The van der Waals surface area contributed by atoms with Crippen LogP contribution in [0.2, 0.25) is 0 Å². The fourth-order valence-electron chi connectivity index (χ4n) is 2.74. The summed E-state index contributed by atoms with van der Waals surface area (Å²) in [6.07, 6.45) is 3.43. The number of amides is 1. The van der Waals surface area contributed by atoms with E-state index in [0.717, 1.165) is 26.2 Å². The van der Waals surface area contributed by atoms with E-state index in [4.69, 9.17) is 0 Å². The Hall–Kier alpha value is -1.36. The van der Waals surface area contributed by atoms with E-state index in [1.54, 1.807) is 17.1 Å². The Morgan fingerprint density at radius 1 is 1.44 bits per heavy atom. The van der Waals surface area contributed by atoms with E-state index < -0.39 is 0 Å². The third-order valence-corrected chi connectivity index (χ3v) is 3.63. The van der Waals surface area contributed by atoms with Crippen molar-refractivity contribution in [3.05, 3.63) is 18.0 Å². The third kappa shape index (κ3) is 1.51. The predicted molar refractivity (Wildman–Crippen MR) is 59.0 cm³/mol. The second kappa shape index (κ2) is 3.59. The molecule has 1 aromatic rings. The molecule has 5 heteroatoms. The van der Waals surface area contributed by atoms with Gasteiger partial charge < -0.3 is 10.2 Å². The molecule has 2 saturated heterocycles. The Morgan fingerprint density at radius 3 is 2.69 bits per heavy atom. The topological polar surface area (TPSA) is 50.2 Å². The Bertz CT molecular complexity index is 402. The average Bonchev–Trinajstić information content (AvgIpc) is 2.89. The summed E-state index contributed by atoms with van der Waals surface area (Å²) >= 11 is 0. The van der Waals surface area contributed by atoms with E-state index in [9.17, 15) is 4.79 Å². The van der Waals surface area contributed by atoms with Crippen LogP contribution in [0, 0.1) is 11.8 Å². The van der Waals surface area contributed by atoms with Gasteiger partial charge in [-0.05, 0) is 11.8 Å². The number of hydrogen-bond acceptors (Lipinski definition) is 3. The van der Waals surface area contributed by atoms with Crippen LogP contribution < -0.4 is 5.32 Å². The van der Waals surface area contributed by atoms with E-state index in [1.807, 2.05) is 11.9 Å². The van der Waals surface area contributed by atoms with Crippen LogP contribution in [0.25, 0.3) is 0 Å². The molecule has 0 radical (unpaired) electrons. The fraction of sp³-hybridized carbons (Fsp3) is 0.636. The molecule has 86 valence electrons. The van der Waals surface area contributed by atoms with Crippen LogP contribution in [-0.4, -0.2) is 46.8 Å². The van der Waals surface area contributed by atoms with Gasteiger partial charge >= 0.3 is 0 Å². The Morgan fingerprint density at radius 2 is 2.12 bits per heavy atom. The monoisotopic (exact) mass is 220 g/mol. The van der Waals surface area contributed by atoms with Gasteiger partial charge in [0.1, 0.15) is 0 Å². The molecule has 3 rings (SSSR count). The number of carbonyl (C=O) groups is 1. The lowest BCUT2D eigenvalue weighted by Gasteiger charge is -2.16. The summed E-state index contributed by atoms with van der Waals surface area (Å²) in [5.41, 5.74) is 0.704. The summed E-state index contributed by atoms with van der Waals surface area (Å²) in [6.45, 7) is 3.90. The Labute approximate surface area is 94.4 Å². The van der Waals surface area contributed by atoms with Crippen LogP contribution in [0.15, 0.2) is 12.4 Å². The molecule has 5 nitrogen and oxygen atoms in total. The zero-order valence-corrected chi connectivity index (χ0v) is 9.39. The van der Waals surface area contributed by atoms with Gasteiger partial charge in [-0.2, -0.15) is 5.10 Å². The zero-order valence-electron chi connectivity index (χ0n) is 9.39. The maximum Gasteiger partial charge on any atom is 0.257 e. The molecule has 3 heterocycles. The summed E-state index contributed by atoms with van der Waals surface area (Å²) in [5.74, 6) is 1.43. The van der Waals surface area contributed by atoms with Crippen LogP contribution in [0.1, 0.15) is 10.4 Å². The van der Waals surface area contributed by atoms with E-state index in [0.29, 0.717) is 17.4 Å². The SMILES string of the molecule is Cn1cc(C(=O)N2C[C@H]3CNC[C@H]3C2)cn1. The maximum absolute atomic E-state index is 12.1. The van der Waals surface area contributed by atoms with E-state index in [-0.39, 0.29) is 5.91 Å². The smallest absolute Gasteiger partial charge is 0.257 e. The highest BCUT2D eigenvalue weighted by Crippen LogP contribution is 2.27. The summed E-state index contributed by atoms with van der Waals surface area (Å²) < 4.78 is 1.67. The first kappa shape index (κ1) is 9.84. The number of nitrogens with one attached hydrogen (secondary N) is 1. The first-order chi connectivity index (χ1) is 7.74. The molecule has 1 amide bonds. The molecule has 0 saturated carbocycles. The van der Waals surface area contributed by atoms with Gasteiger partial charge in [-0.1, -0.05) is 0 Å². The third-order valence-electron chi connectivity index (χ3n) is 3.63. The molecule has 1 N–H and O–H groups in total. The van der Waals surface area contributed by atoms with Crippen LogP contribution in [0.5, 0.6) is 0 Å². The molecular formula is C11H16N4O. The Balaban J connectivity index is 1.73. The minimum atomic E-state index is 0.127. The van der Waals surface area contributed by atoms with Crippen molar-refractivity contribution in [2.75, 3.05) is 26.2 Å². The largest absolute Gasteiger partial charge is 0.338 e. The molecule has 0 unspecified atom stereocenters. The molecule has 2 atom stereocenters. The van der Waals surface area contributed by atoms with Gasteiger partial charge in [-0.3, -0.25) is 9.48 Å². The maximum atomic E-state index is 12.1. The number of rotatable bonds is 1. The van der Waals surface area contributed by atoms with Crippen LogP contribution in [0.3, 0.4) is 0 Å². The first-order valence-electron chi connectivity index (χ1n) is 5.72. The lowest BCUT2D eigenvalue weighted by atomic mass is 10.0. The molecule has 2 aliphatic rings. The summed E-state index contributed by atoms with van der Waals surface area (Å²) in [5, 5.41) is 7.41. The summed E-state index contributed by atoms with van der Waals surface area (Å²) in [7, 11) is 1.83. The van der Waals surface area contributed by atoms with Gasteiger partial charge in [0.2, 0.25) is 0 Å². The van der Waals surface area contributed by atoms with Crippen LogP contribution in [0.4, 0.5) is 0 Å². The normalized spacial score (nSPS) is 28.4. The standard InChI is InChI=1S/C11H16N4O/c1-14-5-10(4-13-14)11(16)15-6-8-2-12-3-9(8)7-15/h4-5,8-9,12H,2-3,6-7H2,1H3/t8-,9+. The molecule has 0 aliphatic carbocycles. The average molecular weight is 220 g/mol. The van der Waals surface area contributed by atoms with E-state index in [1.165, 1.54) is 0 Å². The highest BCUT2D eigenvalue weighted by molar-refractivity contribution is 5.93. The molecule has 0 bridgehead atoms. The second-order valence-corrected chi connectivity index (χ2v) is 4.79. The minimum absolute atomic E-state index is 0.127. The molecule has 16 heavy (non-hydrogen) atoms. The minimum Gasteiger partial charge on any atom is -0.338 e. The first-order valence-corrected chi connectivity index (χ1v) is 5.72. The van der Waals surface area contributed by atoms with Crippen molar-refractivity contribution in [1.82, 2.24) is 20.0 Å². The number of aryl methyl sites for hydroxylation is 1. The molecule has 1 aromatic heterocycles. The fourth-order valence-corrected chi connectivity index (χ4v) is 2.74. The van der Waals surface area contributed by atoms with Crippen molar-refractivity contribution in [1.29, 1.82) is 0 Å². The second-order valence-electron chi connectivity index (χ2n) is 4.79. The highest BCUT2D eigenvalue weighted by Gasteiger charge is 2.38. The highest BCUT2D eigenvalue weighted by atomic mass is 16.2. The number of nitrogens with zero attached hydrogens (tertiary/aromatic N) is 3. The van der Waals surface area contributed by atoms with E-state index >= 15 is 0 Å². The van der Waals surface area contributed by atoms with Gasteiger partial charge in [0.05, 0.1) is 11.8 Å².